The van der Waals surface area contributed by atoms with Crippen LogP contribution < -0.4 is 5.32 Å². The summed E-state index contributed by atoms with van der Waals surface area (Å²) in [5.74, 6) is -1.21. The van der Waals surface area contributed by atoms with Crippen molar-refractivity contribution in [3.05, 3.63) is 59.7 Å². The predicted molar refractivity (Wildman–Crippen MR) is 110 cm³/mol. The largest absolute Gasteiger partial charge is 0.449 e. The predicted octanol–water partition coefficient (Wildman–Crippen LogP) is 3.29. The zero-order valence-corrected chi connectivity index (χ0v) is 17.6. The maximum atomic E-state index is 12.2. The minimum atomic E-state index is -3.62. The number of ether oxygens (including phenoxy) is 1. The second kappa shape index (κ2) is 9.43. The first kappa shape index (κ1) is 22.0. The number of carbonyl (C=O) groups excluding carboxylic acids is 2. The molecule has 1 unspecified atom stereocenters. The summed E-state index contributed by atoms with van der Waals surface area (Å²) in [6.45, 7) is 2.14. The molecule has 1 amide bonds. The number of aliphatic hydroxyl groups excluding tert-OH is 1. The van der Waals surface area contributed by atoms with Gasteiger partial charge < -0.3 is 24.2 Å². The Labute approximate surface area is 174 Å². The van der Waals surface area contributed by atoms with Gasteiger partial charge in [-0.15, -0.1) is 0 Å². The van der Waals surface area contributed by atoms with Crippen LogP contribution in [0.15, 0.2) is 48.5 Å². The van der Waals surface area contributed by atoms with E-state index in [9.17, 15) is 19.3 Å². The summed E-state index contributed by atoms with van der Waals surface area (Å²) in [5.41, 5.74) is 4.28. The number of aliphatic hydroxyl groups is 1. The lowest BCUT2D eigenvalue weighted by Gasteiger charge is -2.19. The van der Waals surface area contributed by atoms with E-state index in [1.807, 2.05) is 48.5 Å². The fourth-order valence-electron chi connectivity index (χ4n) is 3.45. The molecule has 160 valence electrons. The van der Waals surface area contributed by atoms with Crippen molar-refractivity contribution in [3.63, 3.8) is 0 Å². The topological polar surface area (TPSA) is 111 Å². The van der Waals surface area contributed by atoms with Gasteiger partial charge in [-0.25, -0.2) is 14.2 Å². The van der Waals surface area contributed by atoms with Crippen molar-refractivity contribution in [2.75, 3.05) is 26.5 Å². The number of alkyl carbamates (subject to hydrolysis) is 1. The Bertz CT molecular complexity index is 932. The molecule has 2 aromatic carbocycles. The average Bonchev–Trinajstić information content (AvgIpc) is 3.04. The second-order valence-corrected chi connectivity index (χ2v) is 8.79. The summed E-state index contributed by atoms with van der Waals surface area (Å²) in [6.07, 6.45) is -0.893. The third-order valence-electron chi connectivity index (χ3n) is 4.72. The van der Waals surface area contributed by atoms with Crippen molar-refractivity contribution in [2.45, 2.75) is 18.9 Å². The molecule has 2 aromatic rings. The number of hydrogen-bond donors (Lipinski definition) is 2. The summed E-state index contributed by atoms with van der Waals surface area (Å²) < 4.78 is 26.9. The van der Waals surface area contributed by atoms with Gasteiger partial charge in [-0.2, -0.15) is 0 Å². The molecule has 0 bridgehead atoms. The summed E-state index contributed by atoms with van der Waals surface area (Å²) in [6, 6.07) is 14.4. The standard InChI is InChI=1S/C21H24NO7P/c1-3-28-30(2,26)29-20(24)19(12-23)22-21(25)27-13-18-16-10-6-4-8-14(16)15-9-5-7-11-17(15)18/h4-11,18-19,23H,3,12-13H2,1-2H3,(H,22,25)/t19-,30?/m0/s1. The molecule has 0 spiro atoms. The number of nitrogens with one attached hydrogen (secondary N) is 1. The van der Waals surface area contributed by atoms with Crippen LogP contribution in [0, 0.1) is 0 Å². The summed E-state index contributed by atoms with van der Waals surface area (Å²) >= 11 is 0. The van der Waals surface area contributed by atoms with Gasteiger partial charge in [-0.05, 0) is 29.2 Å². The van der Waals surface area contributed by atoms with Crippen molar-refractivity contribution >= 4 is 19.7 Å². The summed E-state index contributed by atoms with van der Waals surface area (Å²) in [7, 11) is -3.62. The average molecular weight is 433 g/mol. The van der Waals surface area contributed by atoms with Crippen molar-refractivity contribution in [1.82, 2.24) is 5.32 Å². The van der Waals surface area contributed by atoms with E-state index in [-0.39, 0.29) is 19.1 Å². The van der Waals surface area contributed by atoms with Crippen LogP contribution in [0.4, 0.5) is 4.79 Å². The number of hydrogen-bond acceptors (Lipinski definition) is 7. The lowest BCUT2D eigenvalue weighted by molar-refractivity contribution is -0.138. The molecule has 0 aliphatic heterocycles. The molecule has 0 fully saturated rings. The first-order valence-electron chi connectivity index (χ1n) is 9.54. The quantitative estimate of drug-likeness (QED) is 0.615. The lowest BCUT2D eigenvalue weighted by Crippen LogP contribution is -2.44. The Morgan fingerprint density at radius 1 is 1.10 bits per heavy atom. The Kier molecular flexibility index (Phi) is 6.92. The van der Waals surface area contributed by atoms with Gasteiger partial charge in [0.1, 0.15) is 6.61 Å². The molecule has 8 nitrogen and oxygen atoms in total. The molecule has 1 aliphatic rings. The van der Waals surface area contributed by atoms with Crippen LogP contribution in [-0.2, 0) is 23.1 Å². The minimum absolute atomic E-state index is 0.0538. The van der Waals surface area contributed by atoms with Crippen molar-refractivity contribution in [3.8, 4) is 11.1 Å². The number of fused-ring (bicyclic) bond motifs is 3. The van der Waals surface area contributed by atoms with Crippen molar-refractivity contribution in [2.24, 2.45) is 0 Å². The Morgan fingerprint density at radius 2 is 1.67 bits per heavy atom. The fraction of sp³-hybridized carbons (Fsp3) is 0.333. The van der Waals surface area contributed by atoms with Crippen LogP contribution in [0.25, 0.3) is 11.1 Å². The number of amides is 1. The molecular formula is C21H24NO7P. The van der Waals surface area contributed by atoms with Crippen LogP contribution in [0.1, 0.15) is 24.0 Å². The van der Waals surface area contributed by atoms with Crippen LogP contribution in [-0.4, -0.2) is 49.7 Å². The van der Waals surface area contributed by atoms with E-state index in [0.717, 1.165) is 28.9 Å². The SMILES string of the molecule is CCOP(C)(=O)OC(=O)[C@H](CO)NC(=O)OCC1c2ccccc2-c2ccccc21. The second-order valence-electron chi connectivity index (χ2n) is 6.80. The third kappa shape index (κ3) is 4.90. The number of carbonyl (C=O) groups is 2. The molecule has 0 radical (unpaired) electrons. The normalized spacial score (nSPS) is 15.4. The van der Waals surface area contributed by atoms with Gasteiger partial charge in [0.25, 0.3) is 0 Å². The van der Waals surface area contributed by atoms with Crippen LogP contribution >= 0.6 is 7.60 Å². The molecule has 0 saturated heterocycles. The Balaban J connectivity index is 1.63. The summed E-state index contributed by atoms with van der Waals surface area (Å²) in [5, 5.41) is 11.7. The fourth-order valence-corrected chi connectivity index (χ4v) is 4.43. The molecule has 3 rings (SSSR count). The smallest absolute Gasteiger partial charge is 0.407 e. The van der Waals surface area contributed by atoms with E-state index >= 15 is 0 Å². The monoisotopic (exact) mass is 433 g/mol. The van der Waals surface area contributed by atoms with E-state index in [1.165, 1.54) is 0 Å². The van der Waals surface area contributed by atoms with Crippen LogP contribution in [0.2, 0.25) is 0 Å². The molecular weight excluding hydrogens is 409 g/mol. The van der Waals surface area contributed by atoms with Gasteiger partial charge in [-0.3, -0.25) is 0 Å². The maximum Gasteiger partial charge on any atom is 0.407 e. The Hall–Kier alpha value is -2.67. The van der Waals surface area contributed by atoms with E-state index in [1.54, 1.807) is 6.92 Å². The molecule has 2 N–H and O–H groups in total. The molecule has 0 heterocycles. The molecule has 30 heavy (non-hydrogen) atoms. The van der Waals surface area contributed by atoms with Gasteiger partial charge in [0.2, 0.25) is 0 Å². The molecule has 9 heteroatoms. The highest BCUT2D eigenvalue weighted by molar-refractivity contribution is 7.53. The molecule has 0 aromatic heterocycles. The van der Waals surface area contributed by atoms with Crippen molar-refractivity contribution < 1.29 is 33.0 Å². The highest BCUT2D eigenvalue weighted by Crippen LogP contribution is 2.45. The highest BCUT2D eigenvalue weighted by atomic mass is 31.2. The van der Waals surface area contributed by atoms with E-state index in [0.29, 0.717) is 0 Å². The van der Waals surface area contributed by atoms with E-state index < -0.39 is 32.3 Å². The molecule has 1 aliphatic carbocycles. The van der Waals surface area contributed by atoms with Crippen molar-refractivity contribution in [1.29, 1.82) is 0 Å². The summed E-state index contributed by atoms with van der Waals surface area (Å²) in [4.78, 5) is 24.3. The molecule has 0 saturated carbocycles. The van der Waals surface area contributed by atoms with Crippen LogP contribution in [0.5, 0.6) is 0 Å². The maximum absolute atomic E-state index is 12.2. The zero-order valence-electron chi connectivity index (χ0n) is 16.7. The van der Waals surface area contributed by atoms with E-state index in [2.05, 4.69) is 5.32 Å². The van der Waals surface area contributed by atoms with Gasteiger partial charge >= 0.3 is 19.7 Å². The van der Waals surface area contributed by atoms with Gasteiger partial charge in [0.05, 0.1) is 19.9 Å². The zero-order chi connectivity index (χ0) is 21.7. The van der Waals surface area contributed by atoms with E-state index in [4.69, 9.17) is 13.8 Å². The van der Waals surface area contributed by atoms with Gasteiger partial charge in [0, 0.05) is 5.92 Å². The highest BCUT2D eigenvalue weighted by Gasteiger charge is 2.31. The van der Waals surface area contributed by atoms with Crippen LogP contribution in [0.3, 0.4) is 0 Å². The van der Waals surface area contributed by atoms with Gasteiger partial charge in [0.15, 0.2) is 6.04 Å². The van der Waals surface area contributed by atoms with Gasteiger partial charge in [-0.1, -0.05) is 48.5 Å². The third-order valence-corrected chi connectivity index (χ3v) is 5.96. The molecule has 2 atom stereocenters. The minimum Gasteiger partial charge on any atom is -0.449 e. The lowest BCUT2D eigenvalue weighted by atomic mass is 9.98. The first-order chi connectivity index (χ1) is 14.4. The first-order valence-corrected chi connectivity index (χ1v) is 11.5. The number of benzene rings is 2. The Morgan fingerprint density at radius 3 is 2.20 bits per heavy atom. The number of rotatable bonds is 8.